The second-order valence-corrected chi connectivity index (χ2v) is 6.83. The lowest BCUT2D eigenvalue weighted by Gasteiger charge is -2.26. The Bertz CT molecular complexity index is 679. The maximum absolute atomic E-state index is 10.1. The number of phenolic OH excluding ortho intramolecular Hbond substituents is 2. The number of aromatic hydroxyl groups is 2. The summed E-state index contributed by atoms with van der Waals surface area (Å²) >= 11 is 0. The zero-order chi connectivity index (χ0) is 16.5. The number of hydrogen-bond donors (Lipinski definition) is 2. The summed E-state index contributed by atoms with van der Waals surface area (Å²) in [7, 11) is 0. The zero-order valence-electron chi connectivity index (χ0n) is 14.2. The standard InChI is InChI=1S/C20H26O2/c1-6-13-10-15(21)8-9-17(13)19-14(7-2)11-16(22)12-18(19)20(3,4)5/h8-12,21-22H,6-7H2,1-5H3. The summed E-state index contributed by atoms with van der Waals surface area (Å²) in [6, 6.07) is 9.31. The normalized spacial score (nSPS) is 11.7. The van der Waals surface area contributed by atoms with Gasteiger partial charge in [-0.15, -0.1) is 0 Å². The van der Waals surface area contributed by atoms with E-state index >= 15 is 0 Å². The van der Waals surface area contributed by atoms with Gasteiger partial charge in [0.25, 0.3) is 0 Å². The molecule has 118 valence electrons. The molecule has 2 aromatic rings. The highest BCUT2D eigenvalue weighted by Crippen LogP contribution is 2.40. The Morgan fingerprint density at radius 1 is 0.818 bits per heavy atom. The summed E-state index contributed by atoms with van der Waals surface area (Å²) < 4.78 is 0. The van der Waals surface area contributed by atoms with Crippen LogP contribution in [0.25, 0.3) is 11.1 Å². The van der Waals surface area contributed by atoms with Gasteiger partial charge in [0.2, 0.25) is 0 Å². The maximum atomic E-state index is 10.1. The predicted octanol–water partition coefficient (Wildman–Crippen LogP) is 5.19. The molecule has 2 aromatic carbocycles. The average molecular weight is 298 g/mol. The van der Waals surface area contributed by atoms with Crippen LogP contribution in [0, 0.1) is 0 Å². The van der Waals surface area contributed by atoms with Gasteiger partial charge in [0.05, 0.1) is 0 Å². The lowest BCUT2D eigenvalue weighted by Crippen LogP contribution is -2.14. The summed E-state index contributed by atoms with van der Waals surface area (Å²) in [5.41, 5.74) is 5.70. The van der Waals surface area contributed by atoms with Crippen LogP contribution in [0.4, 0.5) is 0 Å². The van der Waals surface area contributed by atoms with Gasteiger partial charge in [0.15, 0.2) is 0 Å². The largest absolute Gasteiger partial charge is 0.508 e. The van der Waals surface area contributed by atoms with E-state index in [-0.39, 0.29) is 5.41 Å². The molecule has 0 aliphatic heterocycles. The molecule has 0 aliphatic carbocycles. The van der Waals surface area contributed by atoms with Crippen molar-refractivity contribution in [1.29, 1.82) is 0 Å². The fourth-order valence-electron chi connectivity index (χ4n) is 2.99. The first-order chi connectivity index (χ1) is 10.3. The predicted molar refractivity (Wildman–Crippen MR) is 92.7 cm³/mol. The zero-order valence-corrected chi connectivity index (χ0v) is 14.2. The minimum atomic E-state index is -0.0686. The van der Waals surface area contributed by atoms with Gasteiger partial charge in [-0.2, -0.15) is 0 Å². The van der Waals surface area contributed by atoms with Crippen LogP contribution in [0.3, 0.4) is 0 Å². The summed E-state index contributed by atoms with van der Waals surface area (Å²) in [5, 5.41) is 19.9. The van der Waals surface area contributed by atoms with Crippen LogP contribution in [-0.4, -0.2) is 10.2 Å². The van der Waals surface area contributed by atoms with Gasteiger partial charge in [-0.05, 0) is 70.3 Å². The second-order valence-electron chi connectivity index (χ2n) is 6.83. The molecule has 0 spiro atoms. The van der Waals surface area contributed by atoms with Gasteiger partial charge in [-0.1, -0.05) is 40.7 Å². The maximum Gasteiger partial charge on any atom is 0.116 e. The molecule has 2 heteroatoms. The SMILES string of the molecule is CCc1cc(O)ccc1-c1c(CC)cc(O)cc1C(C)(C)C. The molecule has 0 bridgehead atoms. The van der Waals surface area contributed by atoms with Gasteiger partial charge in [0.1, 0.15) is 11.5 Å². The van der Waals surface area contributed by atoms with Crippen molar-refractivity contribution in [3.8, 4) is 22.6 Å². The Morgan fingerprint density at radius 2 is 1.41 bits per heavy atom. The molecule has 22 heavy (non-hydrogen) atoms. The smallest absolute Gasteiger partial charge is 0.116 e. The molecule has 2 rings (SSSR count). The van der Waals surface area contributed by atoms with Gasteiger partial charge in [-0.3, -0.25) is 0 Å². The van der Waals surface area contributed by atoms with Crippen molar-refractivity contribution in [1.82, 2.24) is 0 Å². The van der Waals surface area contributed by atoms with Crippen LogP contribution in [0.15, 0.2) is 30.3 Å². The number of aryl methyl sites for hydroxylation is 2. The molecule has 0 radical (unpaired) electrons. The van der Waals surface area contributed by atoms with E-state index in [4.69, 9.17) is 0 Å². The van der Waals surface area contributed by atoms with Gasteiger partial charge < -0.3 is 10.2 Å². The molecule has 0 aromatic heterocycles. The molecular formula is C20H26O2. The van der Waals surface area contributed by atoms with Crippen molar-refractivity contribution in [2.75, 3.05) is 0 Å². The molecule has 0 heterocycles. The minimum absolute atomic E-state index is 0.0686. The molecular weight excluding hydrogens is 272 g/mol. The number of rotatable bonds is 3. The molecule has 0 amide bonds. The van der Waals surface area contributed by atoms with Crippen LogP contribution in [0.2, 0.25) is 0 Å². The van der Waals surface area contributed by atoms with E-state index in [1.807, 2.05) is 24.3 Å². The van der Waals surface area contributed by atoms with E-state index in [0.717, 1.165) is 35.1 Å². The lowest BCUT2D eigenvalue weighted by molar-refractivity contribution is 0.470. The first-order valence-corrected chi connectivity index (χ1v) is 7.96. The number of hydrogen-bond acceptors (Lipinski definition) is 2. The summed E-state index contributed by atoms with van der Waals surface area (Å²) in [6.45, 7) is 10.7. The highest BCUT2D eigenvalue weighted by atomic mass is 16.3. The van der Waals surface area contributed by atoms with Crippen molar-refractivity contribution in [3.05, 3.63) is 47.0 Å². The molecule has 2 nitrogen and oxygen atoms in total. The quantitative estimate of drug-likeness (QED) is 0.819. The van der Waals surface area contributed by atoms with Crippen LogP contribution >= 0.6 is 0 Å². The Kier molecular flexibility index (Phi) is 4.50. The average Bonchev–Trinajstić information content (AvgIpc) is 2.45. The van der Waals surface area contributed by atoms with Gasteiger partial charge >= 0.3 is 0 Å². The van der Waals surface area contributed by atoms with E-state index in [0.29, 0.717) is 11.5 Å². The third kappa shape index (κ3) is 3.11. The molecule has 0 saturated carbocycles. The van der Waals surface area contributed by atoms with Gasteiger partial charge in [0, 0.05) is 0 Å². The Morgan fingerprint density at radius 3 is 1.95 bits per heavy atom. The summed E-state index contributed by atoms with van der Waals surface area (Å²) in [4.78, 5) is 0. The highest BCUT2D eigenvalue weighted by molar-refractivity contribution is 5.77. The molecule has 0 aliphatic rings. The van der Waals surface area contributed by atoms with E-state index in [1.54, 1.807) is 6.07 Å². The molecule has 0 fully saturated rings. The Hall–Kier alpha value is -1.96. The second kappa shape index (κ2) is 6.04. The fraction of sp³-hybridized carbons (Fsp3) is 0.400. The van der Waals surface area contributed by atoms with Crippen LogP contribution in [0.1, 0.15) is 51.3 Å². The third-order valence-electron chi connectivity index (χ3n) is 4.13. The van der Waals surface area contributed by atoms with E-state index in [2.05, 4.69) is 34.6 Å². The van der Waals surface area contributed by atoms with E-state index in [1.165, 1.54) is 5.56 Å². The molecule has 0 unspecified atom stereocenters. The highest BCUT2D eigenvalue weighted by Gasteiger charge is 2.23. The monoisotopic (exact) mass is 298 g/mol. The fourth-order valence-corrected chi connectivity index (χ4v) is 2.99. The Balaban J connectivity index is 2.84. The van der Waals surface area contributed by atoms with Crippen LogP contribution in [-0.2, 0) is 18.3 Å². The van der Waals surface area contributed by atoms with Crippen LogP contribution in [0.5, 0.6) is 11.5 Å². The minimum Gasteiger partial charge on any atom is -0.508 e. The van der Waals surface area contributed by atoms with Crippen molar-refractivity contribution in [3.63, 3.8) is 0 Å². The number of benzene rings is 2. The van der Waals surface area contributed by atoms with Crippen molar-refractivity contribution < 1.29 is 10.2 Å². The molecule has 2 N–H and O–H groups in total. The van der Waals surface area contributed by atoms with E-state index in [9.17, 15) is 10.2 Å². The first kappa shape index (κ1) is 16.4. The lowest BCUT2D eigenvalue weighted by atomic mass is 9.78. The van der Waals surface area contributed by atoms with Crippen molar-refractivity contribution >= 4 is 0 Å². The summed E-state index contributed by atoms with van der Waals surface area (Å²) in [6.07, 6.45) is 1.72. The van der Waals surface area contributed by atoms with Crippen molar-refractivity contribution in [2.24, 2.45) is 0 Å². The first-order valence-electron chi connectivity index (χ1n) is 7.96. The number of phenols is 2. The van der Waals surface area contributed by atoms with Crippen LogP contribution < -0.4 is 0 Å². The summed E-state index contributed by atoms with van der Waals surface area (Å²) in [5.74, 6) is 0.622. The Labute approximate surface area is 133 Å². The van der Waals surface area contributed by atoms with Crippen molar-refractivity contribution in [2.45, 2.75) is 52.9 Å². The topological polar surface area (TPSA) is 40.5 Å². The third-order valence-corrected chi connectivity index (χ3v) is 4.13. The molecule has 0 saturated heterocycles. The van der Waals surface area contributed by atoms with Gasteiger partial charge in [-0.25, -0.2) is 0 Å². The molecule has 0 atom stereocenters. The van der Waals surface area contributed by atoms with E-state index < -0.39 is 0 Å².